The van der Waals surface area contributed by atoms with E-state index in [9.17, 15) is 12.9 Å². The van der Waals surface area contributed by atoms with Gasteiger partial charge >= 0.3 is 58.4 Å². The second-order valence-electron chi connectivity index (χ2n) is 2.90. The van der Waals surface area contributed by atoms with Crippen molar-refractivity contribution < 1.29 is 64.3 Å². The summed E-state index contributed by atoms with van der Waals surface area (Å²) in [6.07, 6.45) is 0. The fourth-order valence-electron chi connectivity index (χ4n) is 1.12. The summed E-state index contributed by atoms with van der Waals surface area (Å²) in [7, 11) is 0. The first kappa shape index (κ1) is 14.3. The van der Waals surface area contributed by atoms with E-state index in [-0.39, 0.29) is 68.3 Å². The van der Waals surface area contributed by atoms with Gasteiger partial charge in [0.2, 0.25) is 0 Å². The van der Waals surface area contributed by atoms with Crippen LogP contribution in [0.3, 0.4) is 0 Å². The molecule has 0 radical (unpaired) electrons. The fourth-order valence-corrected chi connectivity index (χ4v) is 1.12. The van der Waals surface area contributed by atoms with Gasteiger partial charge in [0.25, 0.3) is 0 Å². The molecular formula is C7H9BF3KN2. The molecule has 14 heavy (non-hydrogen) atoms. The van der Waals surface area contributed by atoms with E-state index in [0.717, 1.165) is 6.07 Å². The SMILES string of the molecule is Cc1c(N)cc(N)cc1[B-](F)(F)F.[K+]. The minimum atomic E-state index is -5.03. The summed E-state index contributed by atoms with van der Waals surface area (Å²) in [6.45, 7) is -3.70. The Kier molecular flexibility index (Phi) is 5.00. The molecule has 1 rings (SSSR count). The smallest absolute Gasteiger partial charge is 0.445 e. The summed E-state index contributed by atoms with van der Waals surface area (Å²) < 4.78 is 37.1. The van der Waals surface area contributed by atoms with E-state index >= 15 is 0 Å². The van der Waals surface area contributed by atoms with Crippen LogP contribution in [0.15, 0.2) is 12.1 Å². The quantitative estimate of drug-likeness (QED) is 0.441. The van der Waals surface area contributed by atoms with Crippen molar-refractivity contribution in [2.75, 3.05) is 11.5 Å². The van der Waals surface area contributed by atoms with Gasteiger partial charge in [-0.2, -0.15) is 0 Å². The molecule has 4 N–H and O–H groups in total. The van der Waals surface area contributed by atoms with E-state index in [1.807, 2.05) is 0 Å². The van der Waals surface area contributed by atoms with Crippen molar-refractivity contribution in [2.24, 2.45) is 0 Å². The topological polar surface area (TPSA) is 52.0 Å². The maximum absolute atomic E-state index is 12.4. The average Bonchev–Trinajstić information content (AvgIpc) is 1.94. The molecule has 0 aliphatic rings. The molecule has 0 saturated heterocycles. The maximum atomic E-state index is 12.4. The molecule has 1 aromatic carbocycles. The van der Waals surface area contributed by atoms with Crippen molar-refractivity contribution >= 4 is 23.8 Å². The number of nitrogens with two attached hydrogens (primary N) is 2. The number of benzene rings is 1. The Morgan fingerprint density at radius 2 is 1.64 bits per heavy atom. The van der Waals surface area contributed by atoms with Crippen LogP contribution in [0.2, 0.25) is 0 Å². The standard InChI is InChI=1S/C7H9BF3N2.K/c1-4-6(8(9,10)11)2-5(12)3-7(4)13;/h2-3H,12-13H2,1H3;/q-1;+1. The first-order chi connectivity index (χ1) is 5.82. The van der Waals surface area contributed by atoms with Crippen LogP contribution < -0.4 is 68.3 Å². The van der Waals surface area contributed by atoms with E-state index in [4.69, 9.17) is 11.5 Å². The number of rotatable bonds is 1. The zero-order chi connectivity index (χ0) is 10.2. The van der Waals surface area contributed by atoms with Gasteiger partial charge in [-0.3, -0.25) is 0 Å². The minimum absolute atomic E-state index is 0. The molecule has 7 heteroatoms. The molecule has 0 atom stereocenters. The Morgan fingerprint density at radius 1 is 1.14 bits per heavy atom. The van der Waals surface area contributed by atoms with E-state index in [1.165, 1.54) is 13.0 Å². The molecule has 0 bridgehead atoms. The third-order valence-electron chi connectivity index (χ3n) is 1.86. The van der Waals surface area contributed by atoms with Crippen molar-refractivity contribution in [3.05, 3.63) is 17.7 Å². The van der Waals surface area contributed by atoms with Crippen molar-refractivity contribution in [1.29, 1.82) is 0 Å². The summed E-state index contributed by atoms with van der Waals surface area (Å²) in [4.78, 5) is 0. The van der Waals surface area contributed by atoms with Crippen LogP contribution in [-0.2, 0) is 0 Å². The largest absolute Gasteiger partial charge is 1.00 e. The molecule has 1 aromatic rings. The van der Waals surface area contributed by atoms with Gasteiger partial charge in [0.1, 0.15) is 0 Å². The van der Waals surface area contributed by atoms with Gasteiger partial charge in [0, 0.05) is 11.4 Å². The van der Waals surface area contributed by atoms with Gasteiger partial charge in [-0.25, -0.2) is 0 Å². The predicted molar refractivity (Wildman–Crippen MR) is 48.7 cm³/mol. The van der Waals surface area contributed by atoms with Gasteiger partial charge < -0.3 is 24.4 Å². The Balaban J connectivity index is 0.00000169. The first-order valence-electron chi connectivity index (χ1n) is 3.68. The molecule has 0 amide bonds. The predicted octanol–water partition coefficient (Wildman–Crippen LogP) is -1.78. The third kappa shape index (κ3) is 3.16. The number of hydrogen-bond acceptors (Lipinski definition) is 2. The molecular weight excluding hydrogens is 219 g/mol. The van der Waals surface area contributed by atoms with Gasteiger partial charge in [0.15, 0.2) is 0 Å². The van der Waals surface area contributed by atoms with Crippen LogP contribution >= 0.6 is 0 Å². The number of nitrogen functional groups attached to an aromatic ring is 2. The first-order valence-corrected chi connectivity index (χ1v) is 3.68. The van der Waals surface area contributed by atoms with E-state index in [1.54, 1.807) is 0 Å². The summed E-state index contributed by atoms with van der Waals surface area (Å²) >= 11 is 0. The third-order valence-corrected chi connectivity index (χ3v) is 1.86. The molecule has 0 fully saturated rings. The summed E-state index contributed by atoms with van der Waals surface area (Å²) in [6, 6.07) is 2.23. The average molecular weight is 228 g/mol. The van der Waals surface area contributed by atoms with Crippen LogP contribution in [0, 0.1) is 6.92 Å². The van der Waals surface area contributed by atoms with Gasteiger partial charge in [0.05, 0.1) is 0 Å². The van der Waals surface area contributed by atoms with E-state index in [0.29, 0.717) is 0 Å². The van der Waals surface area contributed by atoms with Gasteiger partial charge in [-0.15, -0.1) is 5.46 Å². The molecule has 0 spiro atoms. The number of halogens is 3. The second-order valence-corrected chi connectivity index (χ2v) is 2.90. The Bertz CT molecular complexity index is 340. The van der Waals surface area contributed by atoms with E-state index in [2.05, 4.69) is 0 Å². The zero-order valence-electron chi connectivity index (χ0n) is 8.02. The Hall–Kier alpha value is 0.311. The molecule has 0 unspecified atom stereocenters. The monoisotopic (exact) mass is 228 g/mol. The normalized spacial score (nSPS) is 10.9. The number of hydrogen-bond donors (Lipinski definition) is 2. The molecule has 0 saturated carbocycles. The second kappa shape index (κ2) is 4.89. The molecule has 72 valence electrons. The molecule has 0 aliphatic heterocycles. The number of anilines is 2. The molecule has 0 heterocycles. The van der Waals surface area contributed by atoms with Crippen LogP contribution in [0.4, 0.5) is 24.3 Å². The maximum Gasteiger partial charge on any atom is 1.00 e. The minimum Gasteiger partial charge on any atom is -0.445 e. The van der Waals surface area contributed by atoms with E-state index < -0.39 is 12.4 Å². The van der Waals surface area contributed by atoms with Crippen LogP contribution in [0.5, 0.6) is 0 Å². The van der Waals surface area contributed by atoms with Crippen LogP contribution in [0.25, 0.3) is 0 Å². The van der Waals surface area contributed by atoms with Gasteiger partial charge in [-0.05, 0) is 13.0 Å². The summed E-state index contributed by atoms with van der Waals surface area (Å²) in [5.41, 5.74) is 10.1. The Labute approximate surface area is 123 Å². The van der Waals surface area contributed by atoms with Crippen molar-refractivity contribution in [3.63, 3.8) is 0 Å². The zero-order valence-corrected chi connectivity index (χ0v) is 11.1. The van der Waals surface area contributed by atoms with Crippen molar-refractivity contribution in [1.82, 2.24) is 0 Å². The summed E-state index contributed by atoms with van der Waals surface area (Å²) in [5.74, 6) is 0. The molecule has 2 nitrogen and oxygen atoms in total. The van der Waals surface area contributed by atoms with Gasteiger partial charge in [-0.1, -0.05) is 11.6 Å². The molecule has 0 aliphatic carbocycles. The van der Waals surface area contributed by atoms with Crippen molar-refractivity contribution in [2.45, 2.75) is 6.92 Å². The molecule has 0 aromatic heterocycles. The summed E-state index contributed by atoms with van der Waals surface area (Å²) in [5, 5.41) is 0. The van der Waals surface area contributed by atoms with Crippen LogP contribution in [-0.4, -0.2) is 6.98 Å². The fraction of sp³-hybridized carbons (Fsp3) is 0.143. The van der Waals surface area contributed by atoms with Crippen molar-refractivity contribution in [3.8, 4) is 0 Å². The Morgan fingerprint density at radius 3 is 2.07 bits per heavy atom. The van der Waals surface area contributed by atoms with Crippen LogP contribution in [0.1, 0.15) is 5.56 Å².